The van der Waals surface area contributed by atoms with Crippen LogP contribution in [0.5, 0.6) is 11.5 Å². The van der Waals surface area contributed by atoms with Crippen molar-refractivity contribution < 1.29 is 24.2 Å². The van der Waals surface area contributed by atoms with Gasteiger partial charge in [-0.15, -0.1) is 0 Å². The van der Waals surface area contributed by atoms with Crippen LogP contribution in [0.25, 0.3) is 16.5 Å². The van der Waals surface area contributed by atoms with Gasteiger partial charge < -0.3 is 14.6 Å². The van der Waals surface area contributed by atoms with Gasteiger partial charge in [-0.1, -0.05) is 43.3 Å². The summed E-state index contributed by atoms with van der Waals surface area (Å²) < 4.78 is 11.5. The van der Waals surface area contributed by atoms with Crippen molar-refractivity contribution in [2.75, 3.05) is 6.61 Å². The molecule has 0 radical (unpaired) electrons. The van der Waals surface area contributed by atoms with Gasteiger partial charge in [0, 0.05) is 11.6 Å². The Bertz CT molecular complexity index is 1070. The molecule has 31 heavy (non-hydrogen) atoms. The number of carbonyl (C=O) groups is 1. The first-order valence-electron chi connectivity index (χ1n) is 10.2. The van der Waals surface area contributed by atoms with E-state index in [0.717, 1.165) is 22.8 Å². The lowest BCUT2D eigenvalue weighted by atomic mass is 10.1. The van der Waals surface area contributed by atoms with Crippen LogP contribution in [-0.2, 0) is 4.84 Å². The summed E-state index contributed by atoms with van der Waals surface area (Å²) >= 11 is 0. The molecule has 162 valence electrons. The Morgan fingerprint density at radius 2 is 1.74 bits per heavy atom. The summed E-state index contributed by atoms with van der Waals surface area (Å²) in [4.78, 5) is 17.0. The molecule has 0 amide bonds. The lowest BCUT2D eigenvalue weighted by molar-refractivity contribution is 0.0695. The van der Waals surface area contributed by atoms with E-state index in [1.54, 1.807) is 6.07 Å². The Morgan fingerprint density at radius 1 is 1.00 bits per heavy atom. The minimum Gasteiger partial charge on any atom is -0.491 e. The average molecular weight is 421 g/mol. The number of nitrogens with one attached hydrogen (secondary N) is 1. The molecular formula is C25H27NO5. The van der Waals surface area contributed by atoms with Crippen LogP contribution < -0.4 is 15.0 Å². The van der Waals surface area contributed by atoms with Crippen LogP contribution in [-0.4, -0.2) is 23.8 Å². The summed E-state index contributed by atoms with van der Waals surface area (Å²) in [6.07, 6.45) is 2.28. The number of ether oxygens (including phenoxy) is 2. The van der Waals surface area contributed by atoms with Gasteiger partial charge in [-0.3, -0.25) is 10.3 Å². The molecule has 3 rings (SSSR count). The standard InChI is InChI=1S/C25H27NO5/c1-4-11-30-26-24(20-10-9-18-7-5-6-8-19(18)12-20)16-29-22-13-21(25(27)28)14-23(15-22)31-17(2)3/h5-10,12-17,26H,4,11H2,1-3H3,(H,27,28). The fourth-order valence-electron chi connectivity index (χ4n) is 2.97. The summed E-state index contributed by atoms with van der Waals surface area (Å²) in [6.45, 7) is 6.30. The molecule has 0 spiro atoms. The van der Waals surface area contributed by atoms with Gasteiger partial charge in [-0.2, -0.15) is 0 Å². The molecular weight excluding hydrogens is 394 g/mol. The van der Waals surface area contributed by atoms with E-state index in [0.29, 0.717) is 23.8 Å². The highest BCUT2D eigenvalue weighted by molar-refractivity contribution is 5.89. The van der Waals surface area contributed by atoms with Crippen molar-refractivity contribution in [3.05, 3.63) is 78.1 Å². The summed E-state index contributed by atoms with van der Waals surface area (Å²) in [6, 6.07) is 18.7. The lowest BCUT2D eigenvalue weighted by Crippen LogP contribution is -2.14. The minimum atomic E-state index is -1.05. The molecule has 0 fully saturated rings. The monoisotopic (exact) mass is 421 g/mol. The van der Waals surface area contributed by atoms with Crippen molar-refractivity contribution >= 4 is 22.4 Å². The molecule has 3 aromatic carbocycles. The van der Waals surface area contributed by atoms with E-state index in [9.17, 15) is 9.90 Å². The maximum atomic E-state index is 11.5. The van der Waals surface area contributed by atoms with Gasteiger partial charge in [0.2, 0.25) is 0 Å². The molecule has 0 saturated heterocycles. The molecule has 0 heterocycles. The van der Waals surface area contributed by atoms with Crippen molar-refractivity contribution in [3.63, 3.8) is 0 Å². The van der Waals surface area contributed by atoms with Crippen LogP contribution >= 0.6 is 0 Å². The summed E-state index contributed by atoms with van der Waals surface area (Å²) in [7, 11) is 0. The second-order valence-corrected chi connectivity index (χ2v) is 7.33. The predicted octanol–water partition coefficient (Wildman–Crippen LogP) is 5.63. The molecule has 0 aliphatic carbocycles. The van der Waals surface area contributed by atoms with Crippen LogP contribution in [0, 0.1) is 0 Å². The number of hydrogen-bond donors (Lipinski definition) is 2. The smallest absolute Gasteiger partial charge is 0.335 e. The molecule has 0 aliphatic rings. The molecule has 0 saturated carbocycles. The van der Waals surface area contributed by atoms with Gasteiger partial charge >= 0.3 is 5.97 Å². The van der Waals surface area contributed by atoms with Crippen molar-refractivity contribution in [2.45, 2.75) is 33.3 Å². The highest BCUT2D eigenvalue weighted by atomic mass is 16.6. The Hall–Kier alpha value is -3.51. The normalized spacial score (nSPS) is 11.5. The van der Waals surface area contributed by atoms with Crippen molar-refractivity contribution in [1.82, 2.24) is 5.48 Å². The number of hydroxylamine groups is 1. The quantitative estimate of drug-likeness (QED) is 0.251. The van der Waals surface area contributed by atoms with E-state index >= 15 is 0 Å². The van der Waals surface area contributed by atoms with Crippen LogP contribution in [0.1, 0.15) is 43.1 Å². The Morgan fingerprint density at radius 3 is 2.45 bits per heavy atom. The Kier molecular flexibility index (Phi) is 7.51. The third-order valence-electron chi connectivity index (χ3n) is 4.36. The molecule has 0 bridgehead atoms. The second kappa shape index (κ2) is 10.5. The fourth-order valence-corrected chi connectivity index (χ4v) is 2.97. The van der Waals surface area contributed by atoms with E-state index in [-0.39, 0.29) is 11.7 Å². The first-order chi connectivity index (χ1) is 15.0. The number of hydrogen-bond acceptors (Lipinski definition) is 5. The number of aromatic carboxylic acids is 1. The van der Waals surface area contributed by atoms with E-state index < -0.39 is 5.97 Å². The highest BCUT2D eigenvalue weighted by Crippen LogP contribution is 2.26. The molecule has 0 aliphatic heterocycles. The highest BCUT2D eigenvalue weighted by Gasteiger charge is 2.11. The number of fused-ring (bicyclic) bond motifs is 1. The zero-order valence-electron chi connectivity index (χ0n) is 17.9. The maximum absolute atomic E-state index is 11.5. The third kappa shape index (κ3) is 6.23. The first-order valence-corrected chi connectivity index (χ1v) is 10.2. The molecule has 0 aromatic heterocycles. The minimum absolute atomic E-state index is 0.0870. The number of rotatable bonds is 10. The number of carboxylic acid groups (broad SMARTS) is 1. The molecule has 6 heteroatoms. The average Bonchev–Trinajstić information content (AvgIpc) is 2.75. The molecule has 0 unspecified atom stereocenters. The third-order valence-corrected chi connectivity index (χ3v) is 4.36. The molecule has 0 atom stereocenters. The SMILES string of the molecule is CCCONC(=COc1cc(OC(C)C)cc(C(=O)O)c1)c1ccc2ccccc2c1. The number of carboxylic acids is 1. The van der Waals surface area contributed by atoms with E-state index in [1.165, 1.54) is 18.4 Å². The maximum Gasteiger partial charge on any atom is 0.335 e. The van der Waals surface area contributed by atoms with Gasteiger partial charge in [0.1, 0.15) is 23.5 Å². The molecule has 2 N–H and O–H groups in total. The van der Waals surface area contributed by atoms with Crippen LogP contribution in [0.4, 0.5) is 0 Å². The zero-order valence-corrected chi connectivity index (χ0v) is 17.9. The van der Waals surface area contributed by atoms with Gasteiger partial charge in [-0.25, -0.2) is 4.79 Å². The van der Waals surface area contributed by atoms with Gasteiger partial charge in [-0.05, 0) is 49.2 Å². The second-order valence-electron chi connectivity index (χ2n) is 7.33. The summed E-state index contributed by atoms with van der Waals surface area (Å²) in [5, 5.41) is 11.6. The van der Waals surface area contributed by atoms with Crippen LogP contribution in [0.2, 0.25) is 0 Å². The van der Waals surface area contributed by atoms with Crippen LogP contribution in [0.3, 0.4) is 0 Å². The lowest BCUT2D eigenvalue weighted by Gasteiger charge is -2.14. The van der Waals surface area contributed by atoms with Crippen molar-refractivity contribution in [3.8, 4) is 11.5 Å². The number of benzene rings is 3. The van der Waals surface area contributed by atoms with Crippen molar-refractivity contribution in [1.29, 1.82) is 0 Å². The van der Waals surface area contributed by atoms with E-state index in [4.69, 9.17) is 14.3 Å². The fraction of sp³-hybridized carbons (Fsp3) is 0.240. The summed E-state index contributed by atoms with van der Waals surface area (Å²) in [5.41, 5.74) is 4.53. The predicted molar refractivity (Wildman–Crippen MR) is 121 cm³/mol. The van der Waals surface area contributed by atoms with Gasteiger partial charge in [0.05, 0.1) is 18.3 Å². The van der Waals surface area contributed by atoms with E-state index in [2.05, 4.69) is 5.48 Å². The van der Waals surface area contributed by atoms with E-state index in [1.807, 2.05) is 63.2 Å². The Balaban J connectivity index is 1.92. The Labute approximate surface area is 182 Å². The first kappa shape index (κ1) is 22.2. The summed E-state index contributed by atoms with van der Waals surface area (Å²) in [5.74, 6) is -0.269. The largest absolute Gasteiger partial charge is 0.491 e. The topological polar surface area (TPSA) is 77.0 Å². The molecule has 6 nitrogen and oxygen atoms in total. The van der Waals surface area contributed by atoms with Crippen molar-refractivity contribution in [2.24, 2.45) is 0 Å². The van der Waals surface area contributed by atoms with Crippen LogP contribution in [0.15, 0.2) is 66.9 Å². The molecule has 3 aromatic rings. The zero-order chi connectivity index (χ0) is 22.2. The van der Waals surface area contributed by atoms with Gasteiger partial charge in [0.25, 0.3) is 0 Å². The van der Waals surface area contributed by atoms with Gasteiger partial charge in [0.15, 0.2) is 0 Å².